The number of benzene rings is 2. The van der Waals surface area contributed by atoms with Gasteiger partial charge in [0.1, 0.15) is 17.2 Å². The second kappa shape index (κ2) is 8.79. The van der Waals surface area contributed by atoms with Gasteiger partial charge in [0.15, 0.2) is 0 Å². The molecule has 2 N–H and O–H groups in total. The van der Waals surface area contributed by atoms with Crippen LogP contribution < -0.4 is 15.4 Å². The summed E-state index contributed by atoms with van der Waals surface area (Å²) in [4.78, 5) is 25.9. The summed E-state index contributed by atoms with van der Waals surface area (Å²) in [6.07, 6.45) is 5.32. The molecule has 0 unspecified atom stereocenters. The first-order chi connectivity index (χ1) is 14.6. The Balaban J connectivity index is 1.54. The van der Waals surface area contributed by atoms with E-state index in [1.807, 2.05) is 36.6 Å². The summed E-state index contributed by atoms with van der Waals surface area (Å²) in [5.74, 6) is 1.40. The van der Waals surface area contributed by atoms with Gasteiger partial charge in [-0.2, -0.15) is 0 Å². The Bertz CT molecular complexity index is 1220. The zero-order valence-electron chi connectivity index (χ0n) is 16.4. The van der Waals surface area contributed by atoms with Crippen molar-refractivity contribution in [2.24, 2.45) is 0 Å². The normalized spacial score (nSPS) is 10.6. The first-order valence-electron chi connectivity index (χ1n) is 9.18. The van der Waals surface area contributed by atoms with E-state index in [1.165, 1.54) is 11.1 Å². The number of rotatable bonds is 6. The number of fused-ring (bicyclic) bond motifs is 1. The molecule has 150 valence electrons. The third kappa shape index (κ3) is 4.49. The fourth-order valence-corrected chi connectivity index (χ4v) is 3.29. The number of thioether (sulfide) groups is 1. The van der Waals surface area contributed by atoms with E-state index in [0.29, 0.717) is 23.1 Å². The van der Waals surface area contributed by atoms with Crippen LogP contribution in [-0.4, -0.2) is 34.2 Å². The van der Waals surface area contributed by atoms with Crippen LogP contribution in [-0.2, 0) is 0 Å². The molecule has 7 nitrogen and oxygen atoms in total. The average molecular weight is 417 g/mol. The van der Waals surface area contributed by atoms with Gasteiger partial charge >= 0.3 is 0 Å². The van der Waals surface area contributed by atoms with Gasteiger partial charge in [-0.3, -0.25) is 9.78 Å². The molecule has 2 aromatic heterocycles. The summed E-state index contributed by atoms with van der Waals surface area (Å²) >= 11 is 1.68. The molecule has 0 saturated carbocycles. The minimum atomic E-state index is -0.268. The van der Waals surface area contributed by atoms with Crippen LogP contribution in [0.2, 0.25) is 0 Å². The highest BCUT2D eigenvalue weighted by molar-refractivity contribution is 7.98. The van der Waals surface area contributed by atoms with Crippen molar-refractivity contribution < 1.29 is 9.53 Å². The van der Waals surface area contributed by atoms with Gasteiger partial charge in [0.25, 0.3) is 5.91 Å². The summed E-state index contributed by atoms with van der Waals surface area (Å²) in [7, 11) is 1.56. The zero-order valence-corrected chi connectivity index (χ0v) is 17.2. The zero-order chi connectivity index (χ0) is 20.9. The molecule has 0 aliphatic carbocycles. The molecule has 4 aromatic rings. The van der Waals surface area contributed by atoms with Gasteiger partial charge in [-0.15, -0.1) is 11.8 Å². The van der Waals surface area contributed by atoms with Crippen LogP contribution in [0.3, 0.4) is 0 Å². The Morgan fingerprint density at radius 3 is 2.73 bits per heavy atom. The van der Waals surface area contributed by atoms with Crippen molar-refractivity contribution >= 4 is 40.2 Å². The van der Waals surface area contributed by atoms with E-state index in [0.717, 1.165) is 16.6 Å². The Hall–Kier alpha value is -3.65. The van der Waals surface area contributed by atoms with Crippen molar-refractivity contribution in [3.8, 4) is 11.5 Å². The van der Waals surface area contributed by atoms with Crippen LogP contribution in [0.4, 0.5) is 11.6 Å². The second-order valence-electron chi connectivity index (χ2n) is 6.33. The number of nitrogens with zero attached hydrogens (tertiary/aromatic N) is 3. The van der Waals surface area contributed by atoms with Crippen molar-refractivity contribution in [1.29, 1.82) is 0 Å². The van der Waals surface area contributed by atoms with Crippen molar-refractivity contribution in [2.75, 3.05) is 18.6 Å². The van der Waals surface area contributed by atoms with Crippen LogP contribution in [0.1, 0.15) is 10.5 Å². The molecule has 0 bridgehead atoms. The second-order valence-corrected chi connectivity index (χ2v) is 7.21. The summed E-state index contributed by atoms with van der Waals surface area (Å²) in [5.41, 5.74) is 2.02. The highest BCUT2D eigenvalue weighted by Gasteiger charge is 2.08. The summed E-state index contributed by atoms with van der Waals surface area (Å²) in [6.45, 7) is 0. The lowest BCUT2D eigenvalue weighted by atomic mass is 10.2. The largest absolute Gasteiger partial charge is 0.457 e. The van der Waals surface area contributed by atoms with E-state index in [4.69, 9.17) is 4.74 Å². The topological polar surface area (TPSA) is 89.0 Å². The Morgan fingerprint density at radius 2 is 1.90 bits per heavy atom. The third-order valence-corrected chi connectivity index (χ3v) is 5.03. The number of hydrogen-bond acceptors (Lipinski definition) is 7. The third-order valence-electron chi connectivity index (χ3n) is 4.30. The number of pyridine rings is 1. The lowest BCUT2D eigenvalue weighted by Crippen LogP contribution is -2.18. The number of amides is 1. The number of aromatic nitrogens is 3. The molecule has 0 radical (unpaired) electrons. The monoisotopic (exact) mass is 417 g/mol. The molecular weight excluding hydrogens is 398 g/mol. The standard InChI is InChI=1S/C22H19N5O2S/c1-23-21(28)20-12-17(8-9-24-20)29-16-6-7-19-14(10-16)13-25-22(27-19)26-15-4-3-5-18(11-15)30-2/h3-13H,1-2H3,(H,23,28)(H,25,26,27). The molecule has 0 aliphatic rings. The highest BCUT2D eigenvalue weighted by Crippen LogP contribution is 2.26. The maximum Gasteiger partial charge on any atom is 0.269 e. The van der Waals surface area contributed by atoms with E-state index in [1.54, 1.807) is 37.1 Å². The summed E-state index contributed by atoms with van der Waals surface area (Å²) in [6, 6.07) is 16.9. The predicted octanol–water partition coefficient (Wildman–Crippen LogP) is 4.64. The van der Waals surface area contributed by atoms with E-state index in [9.17, 15) is 4.79 Å². The van der Waals surface area contributed by atoms with Crippen molar-refractivity contribution in [3.63, 3.8) is 0 Å². The number of anilines is 2. The molecule has 4 rings (SSSR count). The van der Waals surface area contributed by atoms with Crippen LogP contribution in [0.15, 0.2) is 71.9 Å². The van der Waals surface area contributed by atoms with Crippen LogP contribution >= 0.6 is 11.8 Å². The number of nitrogens with one attached hydrogen (secondary N) is 2. The van der Waals surface area contributed by atoms with Crippen LogP contribution in [0.25, 0.3) is 10.9 Å². The van der Waals surface area contributed by atoms with Gasteiger partial charge in [-0.25, -0.2) is 9.97 Å². The van der Waals surface area contributed by atoms with Crippen LogP contribution in [0.5, 0.6) is 11.5 Å². The molecule has 1 amide bonds. The molecule has 0 aliphatic heterocycles. The molecule has 0 spiro atoms. The van der Waals surface area contributed by atoms with Crippen molar-refractivity contribution in [1.82, 2.24) is 20.3 Å². The maximum atomic E-state index is 11.7. The fraction of sp³-hybridized carbons (Fsp3) is 0.0909. The van der Waals surface area contributed by atoms with Gasteiger partial charge in [0.2, 0.25) is 5.95 Å². The van der Waals surface area contributed by atoms with E-state index < -0.39 is 0 Å². The summed E-state index contributed by atoms with van der Waals surface area (Å²) in [5, 5.41) is 6.62. The predicted molar refractivity (Wildman–Crippen MR) is 119 cm³/mol. The van der Waals surface area contributed by atoms with Gasteiger partial charge in [0, 0.05) is 41.5 Å². The molecule has 0 saturated heterocycles. The minimum Gasteiger partial charge on any atom is -0.457 e. The lowest BCUT2D eigenvalue weighted by Gasteiger charge is -2.09. The Labute approximate surface area is 177 Å². The molecule has 2 heterocycles. The van der Waals surface area contributed by atoms with E-state index in [2.05, 4.69) is 37.7 Å². The highest BCUT2D eigenvalue weighted by atomic mass is 32.2. The first kappa shape index (κ1) is 19.7. The molecular formula is C22H19N5O2S. The van der Waals surface area contributed by atoms with Gasteiger partial charge < -0.3 is 15.4 Å². The molecule has 0 fully saturated rings. The van der Waals surface area contributed by atoms with Crippen molar-refractivity contribution in [3.05, 3.63) is 72.7 Å². The molecule has 8 heteroatoms. The smallest absolute Gasteiger partial charge is 0.269 e. The minimum absolute atomic E-state index is 0.268. The number of carbonyl (C=O) groups is 1. The van der Waals surface area contributed by atoms with Gasteiger partial charge in [-0.1, -0.05) is 6.07 Å². The Morgan fingerprint density at radius 1 is 1.03 bits per heavy atom. The quantitative estimate of drug-likeness (QED) is 0.442. The molecule has 0 atom stereocenters. The first-order valence-corrected chi connectivity index (χ1v) is 10.4. The average Bonchev–Trinajstić information content (AvgIpc) is 2.79. The van der Waals surface area contributed by atoms with E-state index in [-0.39, 0.29) is 5.91 Å². The van der Waals surface area contributed by atoms with Gasteiger partial charge in [-0.05, 0) is 48.7 Å². The van der Waals surface area contributed by atoms with Gasteiger partial charge in [0.05, 0.1) is 5.52 Å². The summed E-state index contributed by atoms with van der Waals surface area (Å²) < 4.78 is 5.88. The molecule has 2 aromatic carbocycles. The maximum absolute atomic E-state index is 11.7. The lowest BCUT2D eigenvalue weighted by molar-refractivity contribution is 0.0958. The fourth-order valence-electron chi connectivity index (χ4n) is 2.83. The SMILES string of the molecule is CNC(=O)c1cc(Oc2ccc3nc(Nc4cccc(SC)c4)ncc3c2)ccn1. The molecule has 30 heavy (non-hydrogen) atoms. The van der Waals surface area contributed by atoms with Crippen molar-refractivity contribution in [2.45, 2.75) is 4.90 Å². The number of hydrogen-bond donors (Lipinski definition) is 2. The number of carbonyl (C=O) groups excluding carboxylic acids is 1. The van der Waals surface area contributed by atoms with Crippen LogP contribution in [0, 0.1) is 0 Å². The number of ether oxygens (including phenoxy) is 1. The van der Waals surface area contributed by atoms with E-state index >= 15 is 0 Å². The Kier molecular flexibility index (Phi) is 5.76.